The number of methoxy groups -OCH3 is 1. The Bertz CT molecular complexity index is 580. The topological polar surface area (TPSA) is 86.2 Å². The molecule has 1 atom stereocenters. The monoisotopic (exact) mass is 476 g/mol. The van der Waals surface area contributed by atoms with Gasteiger partial charge in [-0.15, -0.1) is 24.0 Å². The molecule has 8 heteroatoms. The molecule has 0 spiro atoms. The van der Waals surface area contributed by atoms with Crippen LogP contribution in [0.5, 0.6) is 5.75 Å². The molecule has 146 valence electrons. The van der Waals surface area contributed by atoms with Crippen LogP contribution >= 0.6 is 24.0 Å². The third-order valence-corrected chi connectivity index (χ3v) is 4.11. The Morgan fingerprint density at radius 2 is 2.08 bits per heavy atom. The van der Waals surface area contributed by atoms with Crippen LogP contribution < -0.4 is 10.6 Å². The van der Waals surface area contributed by atoms with Crippen molar-refractivity contribution in [2.75, 3.05) is 46.4 Å². The average Bonchev–Trinajstić information content (AvgIpc) is 3.07. The summed E-state index contributed by atoms with van der Waals surface area (Å²) < 4.78 is 5.24. The summed E-state index contributed by atoms with van der Waals surface area (Å²) in [6.45, 7) is 6.52. The van der Waals surface area contributed by atoms with Gasteiger partial charge in [-0.25, -0.2) is 0 Å². The maximum Gasteiger partial charge on any atom is 0.251 e. The van der Waals surface area contributed by atoms with Crippen molar-refractivity contribution in [3.8, 4) is 5.75 Å². The molecule has 2 rings (SSSR count). The molecule has 7 nitrogen and oxygen atoms in total. The van der Waals surface area contributed by atoms with Gasteiger partial charge in [0.25, 0.3) is 5.91 Å². The first-order chi connectivity index (χ1) is 12.1. The van der Waals surface area contributed by atoms with Gasteiger partial charge >= 0.3 is 0 Å². The zero-order chi connectivity index (χ0) is 18.1. The molecule has 1 aromatic rings. The fourth-order valence-electron chi connectivity index (χ4n) is 2.87. The van der Waals surface area contributed by atoms with Gasteiger partial charge in [0.15, 0.2) is 5.96 Å². The number of carbonyl (C=O) groups is 1. The third-order valence-electron chi connectivity index (χ3n) is 4.11. The summed E-state index contributed by atoms with van der Waals surface area (Å²) in [5.74, 6) is 1.42. The average molecular weight is 476 g/mol. The van der Waals surface area contributed by atoms with Gasteiger partial charge in [0.2, 0.25) is 0 Å². The zero-order valence-corrected chi connectivity index (χ0v) is 17.7. The number of phenolic OH excluding ortho intramolecular Hbond substituents is 1. The lowest BCUT2D eigenvalue weighted by Crippen LogP contribution is -2.40. The second-order valence-corrected chi connectivity index (χ2v) is 6.09. The molecule has 0 bridgehead atoms. The maximum absolute atomic E-state index is 12.0. The molecule has 3 N–H and O–H groups in total. The Hall–Kier alpha value is -1.55. The lowest BCUT2D eigenvalue weighted by atomic mass is 10.1. The normalized spacial score (nSPS) is 16.9. The van der Waals surface area contributed by atoms with Crippen molar-refractivity contribution < 1.29 is 14.6 Å². The first-order valence-electron chi connectivity index (χ1n) is 8.73. The van der Waals surface area contributed by atoms with Gasteiger partial charge in [-0.1, -0.05) is 0 Å². The molecule has 1 aromatic carbocycles. The molecule has 26 heavy (non-hydrogen) atoms. The number of benzene rings is 1. The molecule has 1 fully saturated rings. The summed E-state index contributed by atoms with van der Waals surface area (Å²) in [6, 6.07) is 6.19. The highest BCUT2D eigenvalue weighted by molar-refractivity contribution is 14.0. The molecule has 1 aliphatic rings. The van der Waals surface area contributed by atoms with Crippen LogP contribution in [0.1, 0.15) is 23.7 Å². The predicted molar refractivity (Wildman–Crippen MR) is 113 cm³/mol. The van der Waals surface area contributed by atoms with Crippen LogP contribution in [0.25, 0.3) is 0 Å². The largest absolute Gasteiger partial charge is 0.508 e. The van der Waals surface area contributed by atoms with Crippen LogP contribution in [0.2, 0.25) is 0 Å². The Morgan fingerprint density at radius 1 is 1.35 bits per heavy atom. The number of carbonyl (C=O) groups excluding carboxylic acids is 1. The minimum absolute atomic E-state index is 0. The minimum Gasteiger partial charge on any atom is -0.508 e. The van der Waals surface area contributed by atoms with Crippen molar-refractivity contribution in [2.24, 2.45) is 10.9 Å². The minimum atomic E-state index is -0.165. The number of nitrogens with zero attached hydrogens (tertiary/aromatic N) is 2. The van der Waals surface area contributed by atoms with E-state index in [2.05, 4.69) is 20.5 Å². The Labute approximate surface area is 172 Å². The van der Waals surface area contributed by atoms with Gasteiger partial charge in [0, 0.05) is 44.8 Å². The molecule has 1 saturated heterocycles. The molecular weight excluding hydrogens is 447 g/mol. The van der Waals surface area contributed by atoms with Gasteiger partial charge in [-0.05, 0) is 37.6 Å². The summed E-state index contributed by atoms with van der Waals surface area (Å²) in [6.07, 6.45) is 1.11. The first kappa shape index (κ1) is 22.5. The predicted octanol–water partition coefficient (Wildman–Crippen LogP) is 1.67. The third kappa shape index (κ3) is 6.99. The van der Waals surface area contributed by atoms with E-state index < -0.39 is 0 Å². The smallest absolute Gasteiger partial charge is 0.251 e. The maximum atomic E-state index is 12.0. The Kier molecular flexibility index (Phi) is 10.3. The number of nitrogens with one attached hydrogen (secondary N) is 2. The molecule has 0 radical (unpaired) electrons. The van der Waals surface area contributed by atoms with Crippen LogP contribution in [-0.4, -0.2) is 68.3 Å². The zero-order valence-electron chi connectivity index (χ0n) is 15.4. The standard InChI is InChI=1S/C18H28N4O3.HI/c1-3-19-18(22-11-8-14(12-22)13-25-2)21-10-9-20-17(24)15-4-6-16(23)7-5-15;/h4-7,14,23H,3,8-13H2,1-2H3,(H,19,21)(H,20,24);1H. The number of aliphatic imine (C=N–C) groups is 1. The number of hydrogen-bond donors (Lipinski definition) is 3. The lowest BCUT2D eigenvalue weighted by molar-refractivity contribution is 0.0955. The summed E-state index contributed by atoms with van der Waals surface area (Å²) in [7, 11) is 1.73. The van der Waals surface area contributed by atoms with E-state index in [0.717, 1.165) is 38.6 Å². The Balaban J connectivity index is 0.00000338. The number of aromatic hydroxyl groups is 1. The van der Waals surface area contributed by atoms with Crippen molar-refractivity contribution in [1.29, 1.82) is 0 Å². The van der Waals surface area contributed by atoms with E-state index in [1.807, 2.05) is 6.92 Å². The van der Waals surface area contributed by atoms with E-state index in [4.69, 9.17) is 4.74 Å². The summed E-state index contributed by atoms with van der Waals surface area (Å²) in [5.41, 5.74) is 0.524. The fraction of sp³-hybridized carbons (Fsp3) is 0.556. The SMILES string of the molecule is CCNC(=NCCNC(=O)c1ccc(O)cc1)N1CCC(COC)C1.I. The number of phenols is 1. The quantitative estimate of drug-likeness (QED) is 0.241. The molecular formula is C18H29IN4O3. The highest BCUT2D eigenvalue weighted by Gasteiger charge is 2.24. The van der Waals surface area contributed by atoms with Gasteiger partial charge in [0.05, 0.1) is 13.2 Å². The number of halogens is 1. The summed E-state index contributed by atoms with van der Waals surface area (Å²) >= 11 is 0. The van der Waals surface area contributed by atoms with Crippen molar-refractivity contribution in [3.05, 3.63) is 29.8 Å². The van der Waals surface area contributed by atoms with Crippen LogP contribution in [-0.2, 0) is 4.74 Å². The van der Waals surface area contributed by atoms with E-state index in [0.29, 0.717) is 24.6 Å². The number of guanidine groups is 1. The first-order valence-corrected chi connectivity index (χ1v) is 8.73. The highest BCUT2D eigenvalue weighted by Crippen LogP contribution is 2.16. The van der Waals surface area contributed by atoms with E-state index in [1.54, 1.807) is 19.2 Å². The summed E-state index contributed by atoms with van der Waals surface area (Å²) in [5, 5.41) is 15.4. The Morgan fingerprint density at radius 3 is 2.73 bits per heavy atom. The van der Waals surface area contributed by atoms with E-state index >= 15 is 0 Å². The van der Waals surface area contributed by atoms with Crippen LogP contribution in [0.3, 0.4) is 0 Å². The molecule has 1 aliphatic heterocycles. The number of ether oxygens (including phenoxy) is 1. The number of amides is 1. The van der Waals surface area contributed by atoms with Crippen LogP contribution in [0, 0.1) is 5.92 Å². The molecule has 1 heterocycles. The van der Waals surface area contributed by atoms with Crippen molar-refractivity contribution in [2.45, 2.75) is 13.3 Å². The van der Waals surface area contributed by atoms with Crippen LogP contribution in [0.4, 0.5) is 0 Å². The van der Waals surface area contributed by atoms with Gasteiger partial charge in [-0.2, -0.15) is 0 Å². The second-order valence-electron chi connectivity index (χ2n) is 6.09. The molecule has 0 aromatic heterocycles. The highest BCUT2D eigenvalue weighted by atomic mass is 127. The molecule has 0 saturated carbocycles. The molecule has 0 aliphatic carbocycles. The van der Waals surface area contributed by atoms with E-state index in [9.17, 15) is 9.90 Å². The van der Waals surface area contributed by atoms with Gasteiger partial charge < -0.3 is 25.4 Å². The second kappa shape index (κ2) is 11.9. The summed E-state index contributed by atoms with van der Waals surface area (Å²) in [4.78, 5) is 18.9. The number of rotatable bonds is 7. The van der Waals surface area contributed by atoms with Crippen molar-refractivity contribution >= 4 is 35.8 Å². The number of likely N-dealkylation sites (tertiary alicyclic amines) is 1. The molecule has 1 amide bonds. The van der Waals surface area contributed by atoms with E-state index in [1.165, 1.54) is 12.1 Å². The van der Waals surface area contributed by atoms with E-state index in [-0.39, 0.29) is 35.6 Å². The molecule has 1 unspecified atom stereocenters. The lowest BCUT2D eigenvalue weighted by Gasteiger charge is -2.21. The van der Waals surface area contributed by atoms with Crippen LogP contribution in [0.15, 0.2) is 29.3 Å². The fourth-order valence-corrected chi connectivity index (χ4v) is 2.87. The van der Waals surface area contributed by atoms with Crippen molar-refractivity contribution in [1.82, 2.24) is 15.5 Å². The van der Waals surface area contributed by atoms with Gasteiger partial charge in [0.1, 0.15) is 5.75 Å². The number of hydrogen-bond acceptors (Lipinski definition) is 4. The van der Waals surface area contributed by atoms with Gasteiger partial charge in [-0.3, -0.25) is 9.79 Å². The van der Waals surface area contributed by atoms with Crippen molar-refractivity contribution in [3.63, 3.8) is 0 Å².